The molecule has 3 atom stereocenters. The quantitative estimate of drug-likeness (QED) is 0.383. The molecule has 0 aliphatic heterocycles. The van der Waals surface area contributed by atoms with Gasteiger partial charge in [-0.05, 0) is 70.7 Å². The molecule has 3 aromatic rings. The Bertz CT molecular complexity index is 1300. The van der Waals surface area contributed by atoms with Crippen molar-refractivity contribution in [3.8, 4) is 23.0 Å². The summed E-state index contributed by atoms with van der Waals surface area (Å²) in [7, 11) is 1.27. The van der Waals surface area contributed by atoms with Gasteiger partial charge in [-0.3, -0.25) is 9.59 Å². The predicted molar refractivity (Wildman–Crippen MR) is 134 cm³/mol. The van der Waals surface area contributed by atoms with Crippen molar-refractivity contribution in [3.05, 3.63) is 101 Å². The fourth-order valence-electron chi connectivity index (χ4n) is 4.74. The van der Waals surface area contributed by atoms with Crippen LogP contribution in [0.1, 0.15) is 34.9 Å². The third kappa shape index (κ3) is 5.41. The number of ether oxygens (including phenoxy) is 1. The Hall–Kier alpha value is -4.52. The molecule has 184 valence electrons. The van der Waals surface area contributed by atoms with Gasteiger partial charge in [0.05, 0.1) is 13.0 Å². The maximum atomic E-state index is 13.3. The number of phenolic OH excluding ortho intramolecular Hbond substituents is 4. The summed E-state index contributed by atoms with van der Waals surface area (Å²) in [4.78, 5) is 26.4. The summed E-state index contributed by atoms with van der Waals surface area (Å²) >= 11 is 0. The zero-order valence-corrected chi connectivity index (χ0v) is 19.5. The van der Waals surface area contributed by atoms with Crippen molar-refractivity contribution in [1.29, 1.82) is 0 Å². The first kappa shape index (κ1) is 24.6. The topological polar surface area (TPSA) is 124 Å². The molecule has 36 heavy (non-hydrogen) atoms. The number of allylic oxidation sites excluding steroid dienone is 2. The van der Waals surface area contributed by atoms with E-state index in [-0.39, 0.29) is 35.2 Å². The van der Waals surface area contributed by atoms with Gasteiger partial charge in [-0.2, -0.15) is 0 Å². The van der Waals surface area contributed by atoms with E-state index in [0.717, 1.165) is 5.56 Å². The number of phenols is 4. The van der Waals surface area contributed by atoms with E-state index in [1.165, 1.54) is 55.7 Å². The normalized spacial score (nSPS) is 20.1. The standard InChI is InChI=1S/C29H26O7/c1-36-29(35)28-19(5-2-17-3-8-21(30)9-4-17)12-25(34)16-26(18-6-10-22(31)11-7-18)27(28)20-13-23(32)15-24(33)14-20/h2-15,26-28,30-33H,16H2,1H3/b5-2+/t26-,27-,28?/m0/s1. The van der Waals surface area contributed by atoms with Crippen LogP contribution >= 0.6 is 0 Å². The Labute approximate surface area is 208 Å². The molecule has 1 aliphatic rings. The number of rotatable bonds is 5. The van der Waals surface area contributed by atoms with Crippen LogP contribution in [0.2, 0.25) is 0 Å². The lowest BCUT2D eigenvalue weighted by molar-refractivity contribution is -0.145. The monoisotopic (exact) mass is 486 g/mol. The molecule has 7 heteroatoms. The molecular weight excluding hydrogens is 460 g/mol. The van der Waals surface area contributed by atoms with Gasteiger partial charge in [-0.15, -0.1) is 0 Å². The zero-order chi connectivity index (χ0) is 25.8. The Morgan fingerprint density at radius 3 is 1.97 bits per heavy atom. The highest BCUT2D eigenvalue weighted by molar-refractivity contribution is 5.94. The maximum absolute atomic E-state index is 13.3. The Morgan fingerprint density at radius 2 is 1.39 bits per heavy atom. The SMILES string of the molecule is COC(=O)C1C(/C=C/c2ccc(O)cc2)=CC(=O)C[C@@H](c2ccc(O)cc2)[C@@H]1c1cc(O)cc(O)c1. The molecule has 0 bridgehead atoms. The summed E-state index contributed by atoms with van der Waals surface area (Å²) in [5.41, 5.74) is 2.32. The molecule has 0 spiro atoms. The van der Waals surface area contributed by atoms with Crippen LogP contribution in [0.4, 0.5) is 0 Å². The Kier molecular flexibility index (Phi) is 7.10. The van der Waals surface area contributed by atoms with Crippen LogP contribution in [-0.2, 0) is 14.3 Å². The number of hydrogen-bond acceptors (Lipinski definition) is 7. The molecule has 0 amide bonds. The minimum atomic E-state index is -0.949. The van der Waals surface area contributed by atoms with Crippen LogP contribution in [0.5, 0.6) is 23.0 Å². The molecule has 0 heterocycles. The van der Waals surface area contributed by atoms with E-state index < -0.39 is 23.7 Å². The fourth-order valence-corrected chi connectivity index (χ4v) is 4.74. The highest BCUT2D eigenvalue weighted by Gasteiger charge is 2.42. The van der Waals surface area contributed by atoms with Crippen LogP contribution in [0.3, 0.4) is 0 Å². The van der Waals surface area contributed by atoms with Crippen molar-refractivity contribution in [1.82, 2.24) is 0 Å². The van der Waals surface area contributed by atoms with Crippen molar-refractivity contribution >= 4 is 17.8 Å². The molecule has 7 nitrogen and oxygen atoms in total. The lowest BCUT2D eigenvalue weighted by atomic mass is 9.71. The number of benzene rings is 3. The minimum Gasteiger partial charge on any atom is -0.508 e. The summed E-state index contributed by atoms with van der Waals surface area (Å²) in [5, 5.41) is 39.8. The van der Waals surface area contributed by atoms with Crippen molar-refractivity contribution in [3.63, 3.8) is 0 Å². The first-order chi connectivity index (χ1) is 17.2. The van der Waals surface area contributed by atoms with E-state index >= 15 is 0 Å². The minimum absolute atomic E-state index is 0.0515. The Morgan fingerprint density at radius 1 is 0.806 bits per heavy atom. The highest BCUT2D eigenvalue weighted by Crippen LogP contribution is 2.48. The summed E-state index contributed by atoms with van der Waals surface area (Å²) in [6.07, 6.45) is 4.87. The smallest absolute Gasteiger partial charge is 0.313 e. The number of esters is 1. The molecule has 1 unspecified atom stereocenters. The van der Waals surface area contributed by atoms with Crippen LogP contribution in [0.25, 0.3) is 6.08 Å². The summed E-state index contributed by atoms with van der Waals surface area (Å²) in [6.45, 7) is 0. The van der Waals surface area contributed by atoms with Gasteiger partial charge in [0.2, 0.25) is 0 Å². The second-order valence-corrected chi connectivity index (χ2v) is 8.75. The second kappa shape index (κ2) is 10.4. The molecule has 0 saturated heterocycles. The van der Waals surface area contributed by atoms with E-state index in [9.17, 15) is 30.0 Å². The second-order valence-electron chi connectivity index (χ2n) is 8.75. The molecule has 0 fully saturated rings. The van der Waals surface area contributed by atoms with Crippen LogP contribution in [0, 0.1) is 5.92 Å². The summed E-state index contributed by atoms with van der Waals surface area (Å²) < 4.78 is 5.17. The first-order valence-electron chi connectivity index (χ1n) is 11.4. The van der Waals surface area contributed by atoms with Gasteiger partial charge < -0.3 is 25.2 Å². The van der Waals surface area contributed by atoms with Crippen LogP contribution in [0.15, 0.2) is 84.5 Å². The van der Waals surface area contributed by atoms with Gasteiger partial charge in [-0.25, -0.2) is 0 Å². The van der Waals surface area contributed by atoms with E-state index in [4.69, 9.17) is 4.74 Å². The van der Waals surface area contributed by atoms with E-state index in [2.05, 4.69) is 0 Å². The molecule has 0 saturated carbocycles. The van der Waals surface area contributed by atoms with Gasteiger partial charge in [0, 0.05) is 18.4 Å². The molecule has 3 aromatic carbocycles. The van der Waals surface area contributed by atoms with E-state index in [0.29, 0.717) is 16.7 Å². The average molecular weight is 487 g/mol. The van der Waals surface area contributed by atoms with Crippen LogP contribution in [-0.4, -0.2) is 39.3 Å². The summed E-state index contributed by atoms with van der Waals surface area (Å²) in [6, 6.07) is 17.0. The van der Waals surface area contributed by atoms with E-state index in [1.54, 1.807) is 36.4 Å². The molecular formula is C29H26O7. The highest BCUT2D eigenvalue weighted by atomic mass is 16.5. The number of methoxy groups -OCH3 is 1. The van der Waals surface area contributed by atoms with Crippen molar-refractivity contribution in [2.45, 2.75) is 18.3 Å². The van der Waals surface area contributed by atoms with Gasteiger partial charge in [-0.1, -0.05) is 36.4 Å². The molecule has 0 aromatic heterocycles. The zero-order valence-electron chi connectivity index (χ0n) is 19.5. The lowest BCUT2D eigenvalue weighted by Gasteiger charge is -2.32. The van der Waals surface area contributed by atoms with Gasteiger partial charge in [0.15, 0.2) is 5.78 Å². The van der Waals surface area contributed by atoms with Gasteiger partial charge in [0.25, 0.3) is 0 Å². The number of carbonyl (C=O) groups is 2. The third-order valence-electron chi connectivity index (χ3n) is 6.35. The average Bonchev–Trinajstić information content (AvgIpc) is 2.99. The largest absolute Gasteiger partial charge is 0.508 e. The van der Waals surface area contributed by atoms with Gasteiger partial charge in [0.1, 0.15) is 23.0 Å². The molecule has 0 radical (unpaired) electrons. The van der Waals surface area contributed by atoms with Crippen molar-refractivity contribution in [2.75, 3.05) is 7.11 Å². The van der Waals surface area contributed by atoms with Crippen molar-refractivity contribution < 1.29 is 34.8 Å². The Balaban J connectivity index is 1.89. The number of hydrogen-bond donors (Lipinski definition) is 4. The first-order valence-corrected chi connectivity index (χ1v) is 11.4. The number of aromatic hydroxyl groups is 4. The van der Waals surface area contributed by atoms with Gasteiger partial charge >= 0.3 is 5.97 Å². The maximum Gasteiger partial charge on any atom is 0.313 e. The fraction of sp³-hybridized carbons (Fsp3) is 0.172. The molecule has 4 rings (SSSR count). The predicted octanol–water partition coefficient (Wildman–Crippen LogP) is 4.78. The van der Waals surface area contributed by atoms with Crippen LogP contribution < -0.4 is 0 Å². The van der Waals surface area contributed by atoms with Crippen molar-refractivity contribution in [2.24, 2.45) is 5.92 Å². The third-order valence-corrected chi connectivity index (χ3v) is 6.35. The molecule has 4 N–H and O–H groups in total. The summed E-state index contributed by atoms with van der Waals surface area (Å²) in [5.74, 6) is -3.15. The van der Waals surface area contributed by atoms with E-state index in [1.807, 2.05) is 0 Å². The lowest BCUT2D eigenvalue weighted by Crippen LogP contribution is -2.28. The molecule has 1 aliphatic carbocycles. The number of ketones is 1. The number of carbonyl (C=O) groups excluding carboxylic acids is 2.